The first-order chi connectivity index (χ1) is 12.3. The second kappa shape index (κ2) is 7.72. The molecule has 26 heavy (non-hydrogen) atoms. The van der Waals surface area contributed by atoms with Crippen molar-refractivity contribution in [2.75, 3.05) is 13.1 Å². The first-order valence-corrected chi connectivity index (χ1v) is 9.12. The zero-order valence-corrected chi connectivity index (χ0v) is 15.0. The zero-order valence-electron chi connectivity index (χ0n) is 13.5. The van der Waals surface area contributed by atoms with Crippen molar-refractivity contribution in [3.63, 3.8) is 0 Å². The molecule has 0 fully saturated rings. The fourth-order valence-corrected chi connectivity index (χ4v) is 3.67. The van der Waals surface area contributed by atoms with Crippen molar-refractivity contribution in [2.45, 2.75) is 11.9 Å². The van der Waals surface area contributed by atoms with Crippen molar-refractivity contribution in [3.8, 4) is 0 Å². The van der Waals surface area contributed by atoms with Crippen LogP contribution in [0.4, 0.5) is 13.2 Å². The number of amides is 1. The summed E-state index contributed by atoms with van der Waals surface area (Å²) in [5.74, 6) is 0.240. The largest absolute Gasteiger partial charge is 0.416 e. The number of amidine groups is 1. The topological polar surface area (TPSA) is 32.7 Å². The van der Waals surface area contributed by atoms with Crippen molar-refractivity contribution in [1.82, 2.24) is 4.90 Å². The van der Waals surface area contributed by atoms with Crippen LogP contribution < -0.4 is 0 Å². The summed E-state index contributed by atoms with van der Waals surface area (Å²) in [6.45, 7) is 0.891. The van der Waals surface area contributed by atoms with Crippen molar-refractivity contribution >= 4 is 34.4 Å². The Labute approximate surface area is 157 Å². The van der Waals surface area contributed by atoms with Gasteiger partial charge in [-0.2, -0.15) is 13.2 Å². The van der Waals surface area contributed by atoms with E-state index in [0.29, 0.717) is 29.0 Å². The molecule has 0 N–H and O–H groups in total. The minimum Gasteiger partial charge on any atom is -0.286 e. The molecule has 136 valence electrons. The second-order valence-electron chi connectivity index (χ2n) is 5.61. The third-order valence-corrected chi connectivity index (χ3v) is 5.08. The molecular formula is C18H14ClF3N2OS. The van der Waals surface area contributed by atoms with Gasteiger partial charge in [0, 0.05) is 22.9 Å². The predicted molar refractivity (Wildman–Crippen MR) is 97.5 cm³/mol. The highest BCUT2D eigenvalue weighted by Crippen LogP contribution is 2.29. The zero-order chi connectivity index (χ0) is 18.7. The molecule has 3 nitrogen and oxygen atoms in total. The number of hydrogen-bond acceptors (Lipinski definition) is 3. The van der Waals surface area contributed by atoms with Crippen molar-refractivity contribution in [3.05, 3.63) is 70.2 Å². The molecule has 0 saturated carbocycles. The lowest BCUT2D eigenvalue weighted by atomic mass is 10.1. The molecule has 0 aromatic heterocycles. The maximum atomic E-state index is 12.6. The van der Waals surface area contributed by atoms with Gasteiger partial charge in [0.1, 0.15) is 0 Å². The monoisotopic (exact) mass is 398 g/mol. The lowest BCUT2D eigenvalue weighted by Gasteiger charge is -2.18. The van der Waals surface area contributed by atoms with Crippen LogP contribution in [-0.2, 0) is 11.9 Å². The van der Waals surface area contributed by atoms with Gasteiger partial charge in [0.05, 0.1) is 12.1 Å². The molecule has 1 heterocycles. The van der Waals surface area contributed by atoms with Gasteiger partial charge in [0.2, 0.25) is 0 Å². The van der Waals surface area contributed by atoms with Crippen molar-refractivity contribution in [2.24, 2.45) is 4.99 Å². The highest BCUT2D eigenvalue weighted by molar-refractivity contribution is 8.13. The van der Waals surface area contributed by atoms with Gasteiger partial charge in [-0.1, -0.05) is 35.5 Å². The standard InChI is InChI=1S/C18H14ClF3N2OS/c19-15-3-1-2-12(10-15)11-26-17-23-8-9-24(17)16(25)13-4-6-14(7-5-13)18(20,21)22/h1-7,10H,8-9,11H2. The highest BCUT2D eigenvalue weighted by atomic mass is 35.5. The smallest absolute Gasteiger partial charge is 0.286 e. The van der Waals surface area contributed by atoms with E-state index >= 15 is 0 Å². The predicted octanol–water partition coefficient (Wildman–Crippen LogP) is 5.10. The summed E-state index contributed by atoms with van der Waals surface area (Å²) in [6, 6.07) is 11.6. The maximum absolute atomic E-state index is 12.6. The fourth-order valence-electron chi connectivity index (χ4n) is 2.47. The first-order valence-electron chi connectivity index (χ1n) is 7.75. The number of aliphatic imine (C=N–C) groups is 1. The van der Waals surface area contributed by atoms with E-state index in [9.17, 15) is 18.0 Å². The molecule has 1 aliphatic heterocycles. The average molecular weight is 399 g/mol. The summed E-state index contributed by atoms with van der Waals surface area (Å²) in [6.07, 6.45) is -4.42. The van der Waals surface area contributed by atoms with E-state index in [2.05, 4.69) is 4.99 Å². The Bertz CT molecular complexity index is 837. The van der Waals surface area contributed by atoms with E-state index < -0.39 is 11.7 Å². The summed E-state index contributed by atoms with van der Waals surface area (Å²) < 4.78 is 37.9. The quantitative estimate of drug-likeness (QED) is 0.720. The first kappa shape index (κ1) is 18.8. The molecular weight excluding hydrogens is 385 g/mol. The van der Waals surface area contributed by atoms with E-state index in [1.54, 1.807) is 6.07 Å². The molecule has 2 aromatic rings. The normalized spacial score (nSPS) is 14.5. The Morgan fingerprint density at radius 3 is 2.58 bits per heavy atom. The molecule has 2 aromatic carbocycles. The summed E-state index contributed by atoms with van der Waals surface area (Å²) in [7, 11) is 0. The van der Waals surface area contributed by atoms with E-state index in [1.807, 2.05) is 18.2 Å². The number of benzene rings is 2. The molecule has 0 radical (unpaired) electrons. The van der Waals surface area contributed by atoms with Crippen LogP contribution in [-0.4, -0.2) is 29.1 Å². The van der Waals surface area contributed by atoms with E-state index in [0.717, 1.165) is 17.7 Å². The summed E-state index contributed by atoms with van der Waals surface area (Å²) in [4.78, 5) is 18.4. The molecule has 1 amide bonds. The van der Waals surface area contributed by atoms with Crippen LogP contribution in [0.15, 0.2) is 53.5 Å². The molecule has 0 bridgehead atoms. The lowest BCUT2D eigenvalue weighted by Crippen LogP contribution is -2.32. The molecule has 0 saturated heterocycles. The number of hydrogen-bond donors (Lipinski definition) is 0. The lowest BCUT2D eigenvalue weighted by molar-refractivity contribution is -0.137. The number of thioether (sulfide) groups is 1. The van der Waals surface area contributed by atoms with Gasteiger partial charge in [-0.05, 0) is 42.0 Å². The summed E-state index contributed by atoms with van der Waals surface area (Å²) >= 11 is 7.36. The Balaban J connectivity index is 1.68. The number of carbonyl (C=O) groups is 1. The van der Waals surface area contributed by atoms with Crippen LogP contribution in [0.2, 0.25) is 5.02 Å². The van der Waals surface area contributed by atoms with Gasteiger partial charge in [-0.15, -0.1) is 0 Å². The molecule has 0 atom stereocenters. The van der Waals surface area contributed by atoms with Gasteiger partial charge in [0.15, 0.2) is 5.17 Å². The number of halogens is 4. The Morgan fingerprint density at radius 2 is 1.92 bits per heavy atom. The molecule has 1 aliphatic rings. The van der Waals surface area contributed by atoms with Gasteiger partial charge in [-0.25, -0.2) is 0 Å². The van der Waals surface area contributed by atoms with Crippen LogP contribution in [0.3, 0.4) is 0 Å². The summed E-state index contributed by atoms with van der Waals surface area (Å²) in [5, 5.41) is 1.20. The Kier molecular flexibility index (Phi) is 5.58. The van der Waals surface area contributed by atoms with Crippen LogP contribution >= 0.6 is 23.4 Å². The van der Waals surface area contributed by atoms with Gasteiger partial charge in [-0.3, -0.25) is 14.7 Å². The van der Waals surface area contributed by atoms with Crippen molar-refractivity contribution < 1.29 is 18.0 Å². The third-order valence-electron chi connectivity index (χ3n) is 3.76. The molecule has 0 spiro atoms. The molecule has 3 rings (SSSR count). The molecule has 0 aliphatic carbocycles. The van der Waals surface area contributed by atoms with Gasteiger partial charge in [0.25, 0.3) is 5.91 Å². The Hall–Kier alpha value is -1.99. The van der Waals surface area contributed by atoms with Crippen LogP contribution in [0.25, 0.3) is 0 Å². The van der Waals surface area contributed by atoms with Crippen LogP contribution in [0.5, 0.6) is 0 Å². The third kappa shape index (κ3) is 4.40. The summed E-state index contributed by atoms with van der Waals surface area (Å²) in [5.41, 5.74) is 0.426. The van der Waals surface area contributed by atoms with E-state index in [-0.39, 0.29) is 11.5 Å². The van der Waals surface area contributed by atoms with Crippen molar-refractivity contribution in [1.29, 1.82) is 0 Å². The maximum Gasteiger partial charge on any atom is 0.416 e. The minimum atomic E-state index is -4.42. The fraction of sp³-hybridized carbons (Fsp3) is 0.222. The SMILES string of the molecule is O=C(c1ccc(C(F)(F)F)cc1)N1CCN=C1SCc1cccc(Cl)c1. The number of carbonyl (C=O) groups excluding carboxylic acids is 1. The Morgan fingerprint density at radius 1 is 1.19 bits per heavy atom. The van der Waals surface area contributed by atoms with Crippen LogP contribution in [0.1, 0.15) is 21.5 Å². The number of nitrogens with zero attached hydrogens (tertiary/aromatic N) is 2. The number of rotatable bonds is 3. The van der Waals surface area contributed by atoms with E-state index in [4.69, 9.17) is 11.6 Å². The molecule has 8 heteroatoms. The highest BCUT2D eigenvalue weighted by Gasteiger charge is 2.31. The number of alkyl halides is 3. The average Bonchev–Trinajstić information content (AvgIpc) is 3.07. The minimum absolute atomic E-state index is 0.205. The van der Waals surface area contributed by atoms with E-state index in [1.165, 1.54) is 28.8 Å². The second-order valence-corrected chi connectivity index (χ2v) is 6.99. The van der Waals surface area contributed by atoms with Gasteiger partial charge >= 0.3 is 6.18 Å². The van der Waals surface area contributed by atoms with Gasteiger partial charge < -0.3 is 0 Å². The van der Waals surface area contributed by atoms with Crippen LogP contribution in [0, 0.1) is 0 Å². The molecule has 0 unspecified atom stereocenters.